The van der Waals surface area contributed by atoms with Crippen molar-refractivity contribution in [2.45, 2.75) is 315 Å². The van der Waals surface area contributed by atoms with Gasteiger partial charge in [0.1, 0.15) is 16.8 Å². The number of methoxy groups -OCH3 is 1. The van der Waals surface area contributed by atoms with Crippen LogP contribution in [0.25, 0.3) is 0 Å². The second-order valence-electron chi connectivity index (χ2n) is 38.4. The number of aromatic nitrogens is 2. The molecule has 0 radical (unpaired) electrons. The lowest BCUT2D eigenvalue weighted by atomic mass is 9.83. The fourth-order valence-electron chi connectivity index (χ4n) is 10.5. The van der Waals surface area contributed by atoms with Crippen LogP contribution in [-0.2, 0) is 93.9 Å². The molecule has 6 aromatic rings. The maximum atomic E-state index is 12.3. The molecule has 0 saturated heterocycles. The third-order valence-corrected chi connectivity index (χ3v) is 16.8. The lowest BCUT2D eigenvalue weighted by molar-refractivity contribution is -0.155. The van der Waals surface area contributed by atoms with Gasteiger partial charge in [0, 0.05) is 50.5 Å². The van der Waals surface area contributed by atoms with Crippen LogP contribution in [-0.4, -0.2) is 72.4 Å². The zero-order valence-electron chi connectivity index (χ0n) is 71.0. The van der Waals surface area contributed by atoms with E-state index >= 15 is 0 Å². The molecule has 0 aliphatic heterocycles. The van der Waals surface area contributed by atoms with Crippen LogP contribution in [0.3, 0.4) is 0 Å². The zero-order valence-corrected chi connectivity index (χ0v) is 72.7. The Labute approximate surface area is 640 Å². The van der Waals surface area contributed by atoms with Gasteiger partial charge in [-0.05, 0) is 177 Å². The predicted molar refractivity (Wildman–Crippen MR) is 443 cm³/mol. The number of carbonyl (C=O) groups excluding carboxylic acids is 5. The normalized spacial score (nSPS) is 12.3. The summed E-state index contributed by atoms with van der Waals surface area (Å²) in [6, 6.07) is 38.2. The molecule has 11 nitrogen and oxygen atoms in total. The van der Waals surface area contributed by atoms with Gasteiger partial charge in [-0.25, -0.2) is 4.79 Å². The first-order valence-corrected chi connectivity index (χ1v) is 38.6. The van der Waals surface area contributed by atoms with E-state index in [-0.39, 0.29) is 67.2 Å². The molecule has 0 spiro atoms. The molecule has 0 saturated carbocycles. The number of pyridine rings is 2. The lowest BCUT2D eigenvalue weighted by Gasteiger charge is -2.23. The topological polar surface area (TPSA) is 148 Å². The van der Waals surface area contributed by atoms with Crippen molar-refractivity contribution in [1.29, 1.82) is 0 Å². The maximum Gasteiger partial charge on any atom is 0.338 e. The van der Waals surface area contributed by atoms with Gasteiger partial charge in [-0.3, -0.25) is 29.1 Å². The van der Waals surface area contributed by atoms with Gasteiger partial charge in [-0.2, -0.15) is 11.8 Å². The monoisotopic (exact) mass is 1470 g/mol. The highest BCUT2D eigenvalue weighted by Crippen LogP contribution is 2.34. The summed E-state index contributed by atoms with van der Waals surface area (Å²) in [6.45, 7) is 69.0. The van der Waals surface area contributed by atoms with Gasteiger partial charge in [0.15, 0.2) is 0 Å². The average molecular weight is 1470 g/mol. The van der Waals surface area contributed by atoms with Gasteiger partial charge in [-0.1, -0.05) is 275 Å². The molecule has 0 N–H and O–H groups in total. The van der Waals surface area contributed by atoms with Crippen LogP contribution in [0.1, 0.15) is 305 Å². The maximum absolute atomic E-state index is 12.3. The number of rotatable bonds is 13. The van der Waals surface area contributed by atoms with Gasteiger partial charge < -0.3 is 18.9 Å². The van der Waals surface area contributed by atoms with E-state index in [4.69, 9.17) is 14.2 Å². The van der Waals surface area contributed by atoms with Gasteiger partial charge >= 0.3 is 23.9 Å². The van der Waals surface area contributed by atoms with E-state index in [1.807, 2.05) is 159 Å². The number of carbonyl (C=O) groups is 5. The van der Waals surface area contributed by atoms with Crippen molar-refractivity contribution < 1.29 is 42.9 Å². The molecule has 6 rings (SSSR count). The van der Waals surface area contributed by atoms with Crippen molar-refractivity contribution in [2.75, 3.05) is 7.11 Å². The lowest BCUT2D eigenvalue weighted by Crippen LogP contribution is -2.26. The quantitative estimate of drug-likeness (QED) is 0.0798. The minimum absolute atomic E-state index is 0.0222. The molecular formula is C91H138N2O9S2. The molecule has 0 fully saturated rings. The van der Waals surface area contributed by atoms with Crippen LogP contribution >= 0.6 is 23.5 Å². The first-order valence-electron chi connectivity index (χ1n) is 36.8. The molecule has 0 atom stereocenters. The Morgan fingerprint density at radius 2 is 0.731 bits per heavy atom. The molecule has 4 aromatic carbocycles. The number of nitrogens with zero attached hydrogens (tertiary/aromatic N) is 2. The van der Waals surface area contributed by atoms with Gasteiger partial charge in [-0.15, -0.1) is 0 Å². The minimum Gasteiger partial charge on any atom is -0.469 e. The Hall–Kier alpha value is -6.57. The highest BCUT2D eigenvalue weighted by Gasteiger charge is 2.28. The number of benzene rings is 4. The minimum atomic E-state index is -0.452. The van der Waals surface area contributed by atoms with Gasteiger partial charge in [0.25, 0.3) is 0 Å². The standard InChI is InChI=1S/C16H24O2.C16H24OS.C16H26S.2C15H23NO2.C13H18O2/c2*1-15(2,3)11-12-9-7-8-10-13(12)14(17)18-16(4,5)6;1-15(2,3)11-13-9-7-8-10-14(13)12-17-16(4,5)6;1-14(2,3)12-10-16-8-7-11(12)9-13(17)18-15(4,5)6;1-14(2,3)13-11(8-7-9-16-13)10-12(17)18-15(4,5)6;1-13(2,3)11-8-6-5-7-10(11)9-12(14)15-4/h2*7-10H,11H2,1-6H3;7-10H,11-12H2,1-6H3;7-8,10H,9H2,1-6H3;7-9H,10H2,1-6H3;5-8H,9H2,1-4H3. The zero-order chi connectivity index (χ0) is 80.5. The van der Waals surface area contributed by atoms with Crippen molar-refractivity contribution >= 4 is 52.5 Å². The number of hydrogen-bond donors (Lipinski definition) is 0. The summed E-state index contributed by atoms with van der Waals surface area (Å²) in [6.07, 6.45) is 9.19. The number of ether oxygens (including phenoxy) is 4. The van der Waals surface area contributed by atoms with E-state index in [9.17, 15) is 24.0 Å². The van der Waals surface area contributed by atoms with Crippen molar-refractivity contribution in [1.82, 2.24) is 9.97 Å². The van der Waals surface area contributed by atoms with E-state index in [0.717, 1.165) is 69.7 Å². The third-order valence-electron chi connectivity index (χ3n) is 14.4. The summed E-state index contributed by atoms with van der Waals surface area (Å²) in [5.74, 6) is 0.296. The van der Waals surface area contributed by atoms with Crippen LogP contribution in [0.15, 0.2) is 134 Å². The fraction of sp³-hybridized carbons (Fsp3) is 0.571. The number of hydrogen-bond acceptors (Lipinski definition) is 13. The van der Waals surface area contributed by atoms with Crippen molar-refractivity contribution in [3.05, 3.63) is 201 Å². The van der Waals surface area contributed by atoms with Gasteiger partial charge in [0.2, 0.25) is 5.12 Å². The van der Waals surface area contributed by atoms with E-state index < -0.39 is 16.8 Å². The van der Waals surface area contributed by atoms with Crippen molar-refractivity contribution in [3.8, 4) is 0 Å². The smallest absolute Gasteiger partial charge is 0.338 e. The van der Waals surface area contributed by atoms with Crippen LogP contribution in [0.5, 0.6) is 0 Å². The molecular weight excluding hydrogens is 1330 g/mol. The second-order valence-corrected chi connectivity index (χ2v) is 42.0. The highest BCUT2D eigenvalue weighted by molar-refractivity contribution is 8.15. The summed E-state index contributed by atoms with van der Waals surface area (Å²) < 4.78 is 21.1. The molecule has 0 aliphatic rings. The van der Waals surface area contributed by atoms with Crippen LogP contribution in [0.2, 0.25) is 0 Å². The summed E-state index contributed by atoms with van der Waals surface area (Å²) in [7, 11) is 1.42. The average Bonchev–Trinajstić information content (AvgIpc) is 0.763. The Morgan fingerprint density at radius 3 is 1.15 bits per heavy atom. The van der Waals surface area contributed by atoms with Crippen LogP contribution < -0.4 is 0 Å². The van der Waals surface area contributed by atoms with Crippen molar-refractivity contribution in [3.63, 3.8) is 0 Å². The summed E-state index contributed by atoms with van der Waals surface area (Å²) in [5, 5.41) is 0.183. The highest BCUT2D eigenvalue weighted by atomic mass is 32.2. The first kappa shape index (κ1) is 95.4. The van der Waals surface area contributed by atoms with E-state index in [1.165, 1.54) is 35.6 Å². The summed E-state index contributed by atoms with van der Waals surface area (Å²) >= 11 is 3.44. The fourth-order valence-corrected chi connectivity index (χ4v) is 12.2. The SMILES string of the molecule is CC(C)(C)Cc1ccccc1C(=O)OC(C)(C)C.CC(C)(C)Cc1ccccc1C(=O)SC(C)(C)C.CC(C)(C)Cc1ccccc1CSC(C)(C)C.CC(C)(C)OC(=O)Cc1cccnc1C(C)(C)C.CC(C)(C)OC(=O)Cc1ccncc1C(C)(C)C.COC(=O)Cc1ccccc1C(C)(C)C. The molecule has 0 bridgehead atoms. The Balaban J connectivity index is 0.000000625. The Morgan fingerprint density at radius 1 is 0.356 bits per heavy atom. The molecule has 0 unspecified atom stereocenters. The van der Waals surface area contributed by atoms with Gasteiger partial charge in [0.05, 0.1) is 31.9 Å². The molecule has 2 heterocycles. The molecule has 104 heavy (non-hydrogen) atoms. The molecule has 0 aliphatic carbocycles. The van der Waals surface area contributed by atoms with Crippen LogP contribution in [0.4, 0.5) is 0 Å². The van der Waals surface area contributed by atoms with Crippen molar-refractivity contribution in [2.24, 2.45) is 16.2 Å². The van der Waals surface area contributed by atoms with Crippen LogP contribution in [0, 0.1) is 16.2 Å². The summed E-state index contributed by atoms with van der Waals surface area (Å²) in [4.78, 5) is 68.0. The number of thioether (sulfide) groups is 2. The summed E-state index contributed by atoms with van der Waals surface area (Å²) in [5.41, 5.74) is 12.4. The molecule has 13 heteroatoms. The Bertz CT molecular complexity index is 3470. The largest absolute Gasteiger partial charge is 0.469 e. The Kier molecular flexibility index (Phi) is 37.1. The number of esters is 4. The van der Waals surface area contributed by atoms with E-state index in [0.29, 0.717) is 28.6 Å². The predicted octanol–water partition coefficient (Wildman–Crippen LogP) is 23.7. The first-order chi connectivity index (χ1) is 47.0. The molecule has 2 aromatic heterocycles. The van der Waals surface area contributed by atoms with E-state index in [1.54, 1.807) is 12.4 Å². The van der Waals surface area contributed by atoms with E-state index in [2.05, 4.69) is 217 Å². The second kappa shape index (κ2) is 40.4. The molecule has 0 amide bonds. The third kappa shape index (κ3) is 43.2. The molecule has 578 valence electrons.